The molecule has 0 saturated carbocycles. The molecule has 0 aliphatic heterocycles. The Labute approximate surface area is 83.8 Å². The van der Waals surface area contributed by atoms with E-state index in [-0.39, 0.29) is 5.78 Å². The third-order valence-electron chi connectivity index (χ3n) is 1.78. The second-order valence-electron chi connectivity index (χ2n) is 3.03. The number of ketones is 1. The Hall–Kier alpha value is -1.64. The van der Waals surface area contributed by atoms with E-state index in [1.807, 2.05) is 18.2 Å². The van der Waals surface area contributed by atoms with Crippen LogP contribution in [0.3, 0.4) is 0 Å². The first-order valence-electron chi connectivity index (χ1n) is 4.61. The molecular weight excluding hydrogens is 176 g/mol. The van der Waals surface area contributed by atoms with Gasteiger partial charge in [-0.3, -0.25) is 10.2 Å². The average Bonchev–Trinajstić information content (AvgIpc) is 2.18. The number of hydrazone groups is 1. The predicted molar refractivity (Wildman–Crippen MR) is 58.6 cm³/mol. The SMILES string of the molecule is CCc1cccc(NN=CC(C)=O)c1. The maximum atomic E-state index is 10.6. The van der Waals surface area contributed by atoms with Gasteiger partial charge in [0, 0.05) is 6.92 Å². The molecule has 1 rings (SSSR count). The monoisotopic (exact) mass is 190 g/mol. The fourth-order valence-corrected chi connectivity index (χ4v) is 1.06. The molecule has 1 aromatic rings. The van der Waals surface area contributed by atoms with Gasteiger partial charge in [0.05, 0.1) is 11.9 Å². The van der Waals surface area contributed by atoms with E-state index in [9.17, 15) is 4.79 Å². The molecule has 3 nitrogen and oxygen atoms in total. The van der Waals surface area contributed by atoms with Gasteiger partial charge in [0.2, 0.25) is 0 Å². The van der Waals surface area contributed by atoms with Crippen LogP contribution in [0.1, 0.15) is 19.4 Å². The second-order valence-corrected chi connectivity index (χ2v) is 3.03. The number of carbonyl (C=O) groups is 1. The highest BCUT2D eigenvalue weighted by Crippen LogP contribution is 2.10. The van der Waals surface area contributed by atoms with Crippen LogP contribution in [0.15, 0.2) is 29.4 Å². The predicted octanol–water partition coefficient (Wildman–Crippen LogP) is 2.24. The Bertz CT molecular complexity index is 345. The largest absolute Gasteiger partial charge is 0.293 e. The summed E-state index contributed by atoms with van der Waals surface area (Å²) in [6, 6.07) is 7.94. The molecule has 0 spiro atoms. The van der Waals surface area contributed by atoms with Gasteiger partial charge in [-0.05, 0) is 24.1 Å². The lowest BCUT2D eigenvalue weighted by Crippen LogP contribution is -1.95. The number of aryl methyl sites for hydroxylation is 1. The smallest absolute Gasteiger partial charge is 0.172 e. The zero-order valence-corrected chi connectivity index (χ0v) is 8.45. The quantitative estimate of drug-likeness (QED) is 0.584. The lowest BCUT2D eigenvalue weighted by molar-refractivity contribution is -0.110. The van der Waals surface area contributed by atoms with E-state index >= 15 is 0 Å². The van der Waals surface area contributed by atoms with Gasteiger partial charge in [0.25, 0.3) is 0 Å². The highest BCUT2D eigenvalue weighted by atomic mass is 16.1. The molecule has 0 radical (unpaired) electrons. The van der Waals surface area contributed by atoms with Gasteiger partial charge in [-0.15, -0.1) is 0 Å². The van der Waals surface area contributed by atoms with Crippen molar-refractivity contribution in [2.24, 2.45) is 5.10 Å². The summed E-state index contributed by atoms with van der Waals surface area (Å²) in [4.78, 5) is 10.6. The van der Waals surface area contributed by atoms with Crippen LogP contribution in [-0.4, -0.2) is 12.0 Å². The Balaban J connectivity index is 2.63. The topological polar surface area (TPSA) is 41.5 Å². The zero-order valence-electron chi connectivity index (χ0n) is 8.45. The van der Waals surface area contributed by atoms with E-state index in [2.05, 4.69) is 23.5 Å². The number of carbonyl (C=O) groups excluding carboxylic acids is 1. The maximum absolute atomic E-state index is 10.6. The van der Waals surface area contributed by atoms with Crippen molar-refractivity contribution in [3.05, 3.63) is 29.8 Å². The van der Waals surface area contributed by atoms with Crippen molar-refractivity contribution in [1.29, 1.82) is 0 Å². The molecule has 0 unspecified atom stereocenters. The minimum atomic E-state index is -0.0656. The Kier molecular flexibility index (Phi) is 3.85. The van der Waals surface area contributed by atoms with Crippen molar-refractivity contribution in [2.45, 2.75) is 20.3 Å². The molecular formula is C11H14N2O. The lowest BCUT2D eigenvalue weighted by atomic mass is 10.1. The standard InChI is InChI=1S/C11H14N2O/c1-3-10-5-4-6-11(7-10)13-12-8-9(2)14/h4-8,13H,3H2,1-2H3. The molecule has 0 bridgehead atoms. The van der Waals surface area contributed by atoms with Crippen LogP contribution in [0.4, 0.5) is 5.69 Å². The first-order valence-corrected chi connectivity index (χ1v) is 4.61. The Morgan fingerprint density at radius 3 is 3.00 bits per heavy atom. The van der Waals surface area contributed by atoms with Crippen molar-refractivity contribution in [1.82, 2.24) is 0 Å². The van der Waals surface area contributed by atoms with Crippen molar-refractivity contribution < 1.29 is 4.79 Å². The van der Waals surface area contributed by atoms with Crippen molar-refractivity contribution in [2.75, 3.05) is 5.43 Å². The van der Waals surface area contributed by atoms with Gasteiger partial charge in [0.15, 0.2) is 5.78 Å². The molecule has 0 atom stereocenters. The number of nitrogens with one attached hydrogen (secondary N) is 1. The number of benzene rings is 1. The van der Waals surface area contributed by atoms with Gasteiger partial charge in [-0.1, -0.05) is 19.1 Å². The van der Waals surface area contributed by atoms with Crippen LogP contribution in [0.5, 0.6) is 0 Å². The van der Waals surface area contributed by atoms with Crippen LogP contribution in [0.25, 0.3) is 0 Å². The van der Waals surface area contributed by atoms with E-state index in [0.29, 0.717) is 0 Å². The van der Waals surface area contributed by atoms with Crippen molar-refractivity contribution in [3.63, 3.8) is 0 Å². The van der Waals surface area contributed by atoms with E-state index in [1.165, 1.54) is 18.7 Å². The van der Waals surface area contributed by atoms with E-state index in [0.717, 1.165) is 12.1 Å². The van der Waals surface area contributed by atoms with Gasteiger partial charge in [-0.25, -0.2) is 0 Å². The van der Waals surface area contributed by atoms with Crippen LogP contribution in [-0.2, 0) is 11.2 Å². The molecule has 0 aliphatic rings. The molecule has 0 fully saturated rings. The highest BCUT2D eigenvalue weighted by molar-refractivity contribution is 6.26. The normalized spacial score (nSPS) is 10.4. The van der Waals surface area contributed by atoms with Crippen LogP contribution < -0.4 is 5.43 Å². The van der Waals surface area contributed by atoms with Crippen molar-refractivity contribution >= 4 is 17.7 Å². The van der Waals surface area contributed by atoms with Gasteiger partial charge < -0.3 is 0 Å². The fourth-order valence-electron chi connectivity index (χ4n) is 1.06. The van der Waals surface area contributed by atoms with Gasteiger partial charge in [-0.2, -0.15) is 5.10 Å². The van der Waals surface area contributed by atoms with Crippen LogP contribution >= 0.6 is 0 Å². The summed E-state index contributed by atoms with van der Waals surface area (Å²) in [5.74, 6) is -0.0656. The number of anilines is 1. The highest BCUT2D eigenvalue weighted by Gasteiger charge is 1.91. The van der Waals surface area contributed by atoms with E-state index in [4.69, 9.17) is 0 Å². The van der Waals surface area contributed by atoms with E-state index in [1.54, 1.807) is 0 Å². The van der Waals surface area contributed by atoms with E-state index < -0.39 is 0 Å². The van der Waals surface area contributed by atoms with Crippen LogP contribution in [0, 0.1) is 0 Å². The summed E-state index contributed by atoms with van der Waals surface area (Å²) < 4.78 is 0. The Morgan fingerprint density at radius 1 is 1.57 bits per heavy atom. The summed E-state index contributed by atoms with van der Waals surface area (Å²) in [5, 5.41) is 3.79. The summed E-state index contributed by atoms with van der Waals surface area (Å²) in [7, 11) is 0. The summed E-state index contributed by atoms with van der Waals surface area (Å²) in [5.41, 5.74) is 4.95. The maximum Gasteiger partial charge on any atom is 0.172 e. The Morgan fingerprint density at radius 2 is 2.36 bits per heavy atom. The molecule has 3 heteroatoms. The molecule has 74 valence electrons. The third-order valence-corrected chi connectivity index (χ3v) is 1.78. The molecule has 14 heavy (non-hydrogen) atoms. The molecule has 0 aliphatic carbocycles. The molecule has 0 saturated heterocycles. The summed E-state index contributed by atoms with van der Waals surface area (Å²) in [6.07, 6.45) is 2.25. The summed E-state index contributed by atoms with van der Waals surface area (Å²) in [6.45, 7) is 3.56. The molecule has 0 heterocycles. The van der Waals surface area contributed by atoms with Gasteiger partial charge >= 0.3 is 0 Å². The first kappa shape index (κ1) is 10.4. The third kappa shape index (κ3) is 3.39. The summed E-state index contributed by atoms with van der Waals surface area (Å²) >= 11 is 0. The molecule has 0 aromatic heterocycles. The zero-order chi connectivity index (χ0) is 10.4. The average molecular weight is 190 g/mol. The first-order chi connectivity index (χ1) is 6.72. The number of nitrogens with zero attached hydrogens (tertiary/aromatic N) is 1. The number of hydrogen-bond donors (Lipinski definition) is 1. The van der Waals surface area contributed by atoms with Gasteiger partial charge in [0.1, 0.15) is 0 Å². The molecule has 1 aromatic carbocycles. The number of rotatable bonds is 4. The minimum absolute atomic E-state index is 0.0656. The van der Waals surface area contributed by atoms with Crippen LogP contribution in [0.2, 0.25) is 0 Å². The number of hydrogen-bond acceptors (Lipinski definition) is 3. The lowest BCUT2D eigenvalue weighted by Gasteiger charge is -2.01. The fraction of sp³-hybridized carbons (Fsp3) is 0.273. The molecule has 1 N–H and O–H groups in total. The van der Waals surface area contributed by atoms with Crippen molar-refractivity contribution in [3.8, 4) is 0 Å². The minimum Gasteiger partial charge on any atom is -0.293 e. The number of Topliss-reactive ketones (excluding diaryl/α,β-unsaturated/α-hetero) is 1. The molecule has 0 amide bonds. The second kappa shape index (κ2) is 5.17.